The van der Waals surface area contributed by atoms with E-state index in [4.69, 9.17) is 5.73 Å². The highest BCUT2D eigenvalue weighted by Gasteiger charge is 2.31. The molecule has 0 aliphatic carbocycles. The molecule has 4 nitrogen and oxygen atoms in total. The predicted octanol–water partition coefficient (Wildman–Crippen LogP) is 1.41. The largest absolute Gasteiger partial charge is 0.329 e. The molecule has 2 N–H and O–H groups in total. The molecule has 0 aromatic carbocycles. The monoisotopic (exact) mass is 262 g/mol. The van der Waals surface area contributed by atoms with Crippen molar-refractivity contribution in [3.63, 3.8) is 0 Å². The minimum Gasteiger partial charge on any atom is -0.329 e. The average Bonchev–Trinajstić information content (AvgIpc) is 2.39. The minimum atomic E-state index is 0.285. The fourth-order valence-electron chi connectivity index (χ4n) is 3.00. The van der Waals surface area contributed by atoms with Gasteiger partial charge in [-0.1, -0.05) is 0 Å². The third-order valence-corrected chi connectivity index (χ3v) is 4.49. The Kier molecular flexibility index (Phi) is 4.55. The standard InChI is InChI=1S/C15H26N4/c1-11-5-6-17-8-14(11)15(7-16)19-9-12(2)18(4)13(3)10-19/h5-6,8,12-13,15H,7,9-10,16H2,1-4H3. The number of rotatable bonds is 3. The van der Waals surface area contributed by atoms with Gasteiger partial charge in [0, 0.05) is 50.2 Å². The van der Waals surface area contributed by atoms with Crippen LogP contribution in [0.25, 0.3) is 0 Å². The Labute approximate surface area is 116 Å². The molecule has 1 aliphatic rings. The zero-order valence-electron chi connectivity index (χ0n) is 12.5. The lowest BCUT2D eigenvalue weighted by Crippen LogP contribution is -2.56. The molecule has 0 saturated carbocycles. The molecule has 106 valence electrons. The molecule has 2 rings (SSSR count). The van der Waals surface area contributed by atoms with Gasteiger partial charge in [-0.3, -0.25) is 14.8 Å². The van der Waals surface area contributed by atoms with Gasteiger partial charge in [-0.2, -0.15) is 0 Å². The number of aryl methyl sites for hydroxylation is 1. The number of hydrogen-bond acceptors (Lipinski definition) is 4. The summed E-state index contributed by atoms with van der Waals surface area (Å²) in [6.07, 6.45) is 3.82. The lowest BCUT2D eigenvalue weighted by Gasteiger charge is -2.45. The van der Waals surface area contributed by atoms with Gasteiger partial charge in [0.1, 0.15) is 0 Å². The van der Waals surface area contributed by atoms with Gasteiger partial charge in [0.05, 0.1) is 0 Å². The van der Waals surface area contributed by atoms with E-state index in [1.165, 1.54) is 11.1 Å². The van der Waals surface area contributed by atoms with Gasteiger partial charge in [-0.05, 0) is 45.0 Å². The van der Waals surface area contributed by atoms with E-state index in [1.807, 2.05) is 12.4 Å². The van der Waals surface area contributed by atoms with E-state index in [0.29, 0.717) is 18.6 Å². The molecule has 1 fully saturated rings. The highest BCUT2D eigenvalue weighted by atomic mass is 15.3. The molecule has 0 amide bonds. The van der Waals surface area contributed by atoms with Crippen LogP contribution in [0, 0.1) is 6.92 Å². The highest BCUT2D eigenvalue weighted by molar-refractivity contribution is 5.25. The number of piperazine rings is 1. The Morgan fingerprint density at radius 1 is 1.37 bits per heavy atom. The summed E-state index contributed by atoms with van der Waals surface area (Å²) in [6, 6.07) is 3.48. The van der Waals surface area contributed by atoms with Crippen LogP contribution in [0.1, 0.15) is 31.0 Å². The predicted molar refractivity (Wildman–Crippen MR) is 79.0 cm³/mol. The first-order valence-electron chi connectivity index (χ1n) is 7.11. The summed E-state index contributed by atoms with van der Waals surface area (Å²) in [4.78, 5) is 9.23. The van der Waals surface area contributed by atoms with Gasteiger partial charge in [0.15, 0.2) is 0 Å². The van der Waals surface area contributed by atoms with E-state index in [2.05, 4.69) is 48.7 Å². The molecule has 0 bridgehead atoms. The number of nitrogens with zero attached hydrogens (tertiary/aromatic N) is 3. The number of hydrogen-bond donors (Lipinski definition) is 1. The van der Waals surface area contributed by atoms with Crippen molar-refractivity contribution >= 4 is 0 Å². The van der Waals surface area contributed by atoms with E-state index in [0.717, 1.165) is 13.1 Å². The summed E-state index contributed by atoms with van der Waals surface area (Å²) in [5.74, 6) is 0. The van der Waals surface area contributed by atoms with E-state index in [9.17, 15) is 0 Å². The van der Waals surface area contributed by atoms with Crippen molar-refractivity contribution in [2.24, 2.45) is 5.73 Å². The maximum Gasteiger partial charge on any atom is 0.0489 e. The van der Waals surface area contributed by atoms with Crippen molar-refractivity contribution in [1.82, 2.24) is 14.8 Å². The van der Waals surface area contributed by atoms with E-state index < -0.39 is 0 Å². The lowest BCUT2D eigenvalue weighted by atomic mass is 9.99. The fraction of sp³-hybridized carbons (Fsp3) is 0.667. The maximum absolute atomic E-state index is 6.05. The maximum atomic E-state index is 6.05. The molecule has 1 aromatic heterocycles. The van der Waals surface area contributed by atoms with E-state index in [1.54, 1.807) is 0 Å². The Hall–Kier alpha value is -0.970. The topological polar surface area (TPSA) is 45.4 Å². The third-order valence-electron chi connectivity index (χ3n) is 4.49. The summed E-state index contributed by atoms with van der Waals surface area (Å²) >= 11 is 0. The van der Waals surface area contributed by atoms with Crippen molar-refractivity contribution < 1.29 is 0 Å². The van der Waals surface area contributed by atoms with Crippen LogP contribution in [0.5, 0.6) is 0 Å². The van der Waals surface area contributed by atoms with Gasteiger partial charge in [0.25, 0.3) is 0 Å². The van der Waals surface area contributed by atoms with Gasteiger partial charge in [-0.15, -0.1) is 0 Å². The lowest BCUT2D eigenvalue weighted by molar-refractivity contribution is 0.0349. The van der Waals surface area contributed by atoms with Crippen molar-refractivity contribution in [3.8, 4) is 0 Å². The van der Waals surface area contributed by atoms with Gasteiger partial charge >= 0.3 is 0 Å². The zero-order chi connectivity index (χ0) is 14.0. The van der Waals surface area contributed by atoms with Crippen LogP contribution < -0.4 is 5.73 Å². The minimum absolute atomic E-state index is 0.285. The summed E-state index contributed by atoms with van der Waals surface area (Å²) in [7, 11) is 2.21. The Morgan fingerprint density at radius 3 is 2.53 bits per heavy atom. The molecule has 1 saturated heterocycles. The second-order valence-corrected chi connectivity index (χ2v) is 5.80. The molecule has 19 heavy (non-hydrogen) atoms. The molecule has 1 aliphatic heterocycles. The van der Waals surface area contributed by atoms with Crippen LogP contribution in [0.3, 0.4) is 0 Å². The third kappa shape index (κ3) is 2.96. The number of aromatic nitrogens is 1. The van der Waals surface area contributed by atoms with Crippen molar-refractivity contribution in [3.05, 3.63) is 29.6 Å². The van der Waals surface area contributed by atoms with Gasteiger partial charge in [0.2, 0.25) is 0 Å². The van der Waals surface area contributed by atoms with E-state index >= 15 is 0 Å². The molecule has 3 unspecified atom stereocenters. The summed E-state index contributed by atoms with van der Waals surface area (Å²) < 4.78 is 0. The molecular formula is C15H26N4. The normalized spacial score (nSPS) is 27.4. The average molecular weight is 262 g/mol. The van der Waals surface area contributed by atoms with Gasteiger partial charge < -0.3 is 5.73 Å². The van der Waals surface area contributed by atoms with Crippen LogP contribution in [0.4, 0.5) is 0 Å². The summed E-state index contributed by atoms with van der Waals surface area (Å²) in [6.45, 7) is 9.49. The molecule has 2 heterocycles. The number of pyridine rings is 1. The van der Waals surface area contributed by atoms with Crippen LogP contribution in [-0.4, -0.2) is 53.5 Å². The zero-order valence-corrected chi connectivity index (χ0v) is 12.5. The molecule has 3 atom stereocenters. The van der Waals surface area contributed by atoms with Crippen molar-refractivity contribution in [2.45, 2.75) is 38.9 Å². The molecule has 1 aromatic rings. The molecule has 4 heteroatoms. The first kappa shape index (κ1) is 14.4. The van der Waals surface area contributed by atoms with E-state index in [-0.39, 0.29) is 6.04 Å². The van der Waals surface area contributed by atoms with Crippen molar-refractivity contribution in [2.75, 3.05) is 26.7 Å². The van der Waals surface area contributed by atoms with Crippen LogP contribution in [-0.2, 0) is 0 Å². The van der Waals surface area contributed by atoms with Gasteiger partial charge in [-0.25, -0.2) is 0 Å². The Morgan fingerprint density at radius 2 is 2.00 bits per heavy atom. The molecule has 0 spiro atoms. The first-order valence-corrected chi connectivity index (χ1v) is 7.11. The fourth-order valence-corrected chi connectivity index (χ4v) is 3.00. The quantitative estimate of drug-likeness (QED) is 0.895. The number of nitrogens with two attached hydrogens (primary N) is 1. The number of likely N-dealkylation sites (N-methyl/N-ethyl adjacent to an activating group) is 1. The Bertz CT molecular complexity index is 408. The highest BCUT2D eigenvalue weighted by Crippen LogP contribution is 2.26. The summed E-state index contributed by atoms with van der Waals surface area (Å²) in [5, 5.41) is 0. The smallest absolute Gasteiger partial charge is 0.0489 e. The second kappa shape index (κ2) is 5.99. The first-order chi connectivity index (χ1) is 9.04. The Balaban J connectivity index is 2.21. The van der Waals surface area contributed by atoms with Crippen LogP contribution >= 0.6 is 0 Å². The second-order valence-electron chi connectivity index (χ2n) is 5.80. The van der Waals surface area contributed by atoms with Crippen LogP contribution in [0.2, 0.25) is 0 Å². The summed E-state index contributed by atoms with van der Waals surface area (Å²) in [5.41, 5.74) is 8.60. The molecule has 0 radical (unpaired) electrons. The SMILES string of the molecule is Cc1ccncc1C(CN)N1CC(C)N(C)C(C)C1. The van der Waals surface area contributed by atoms with Crippen molar-refractivity contribution in [1.29, 1.82) is 0 Å². The molecular weight excluding hydrogens is 236 g/mol. The van der Waals surface area contributed by atoms with Crippen LogP contribution in [0.15, 0.2) is 18.5 Å².